The Balaban J connectivity index is 0.000000470. The van der Waals surface area contributed by atoms with E-state index in [1.165, 1.54) is 102 Å². The van der Waals surface area contributed by atoms with Gasteiger partial charge in [0.05, 0.1) is 16.4 Å². The van der Waals surface area contributed by atoms with E-state index >= 15 is 0 Å². The van der Waals surface area contributed by atoms with Crippen LogP contribution in [0, 0.1) is 13.8 Å². The second kappa shape index (κ2) is 26.1. The molecule has 0 amide bonds. The maximum atomic E-state index is 12.3. The van der Waals surface area contributed by atoms with Crippen LogP contribution in [0.3, 0.4) is 0 Å². The third-order valence-corrected chi connectivity index (χ3v) is 13.0. The number of benzene rings is 3. The Morgan fingerprint density at radius 2 is 0.794 bits per heavy atom. The number of aryl methyl sites for hydroxylation is 3. The Labute approximate surface area is 391 Å². The Kier molecular flexibility index (Phi) is 23.2. The molecule has 0 aliphatic heterocycles. The average Bonchev–Trinajstić information content (AvgIpc) is 3.16. The first-order valence-corrected chi connectivity index (χ1v) is 25.5. The van der Waals surface area contributed by atoms with Gasteiger partial charge in [-0.25, -0.2) is 0 Å². The third kappa shape index (κ3) is 20.3. The summed E-state index contributed by atoms with van der Waals surface area (Å²) in [5.41, 5.74) is 6.45. The zero-order valence-corrected chi connectivity index (χ0v) is 43.8. The van der Waals surface area contributed by atoms with Gasteiger partial charge in [0.1, 0.15) is 17.2 Å². The van der Waals surface area contributed by atoms with E-state index in [1.807, 2.05) is 38.1 Å². The van der Waals surface area contributed by atoms with Crippen LogP contribution in [0.15, 0.2) is 46.2 Å². The Morgan fingerprint density at radius 3 is 1.13 bits per heavy atom. The lowest BCUT2D eigenvalue weighted by molar-refractivity contribution is -0.143. The number of phenolic OH excluding ortho intramolecular Hbond substituents is 3. The highest BCUT2D eigenvalue weighted by molar-refractivity contribution is 7.99. The first kappa shape index (κ1) is 56.0. The van der Waals surface area contributed by atoms with Crippen molar-refractivity contribution >= 4 is 17.7 Å². The number of hydrogen-bond acceptors (Lipinski definition) is 6. The molecule has 0 heterocycles. The van der Waals surface area contributed by atoms with Gasteiger partial charge in [0, 0.05) is 17.5 Å². The van der Waals surface area contributed by atoms with Crippen LogP contribution in [0.4, 0.5) is 0 Å². The molecule has 0 spiro atoms. The number of hydrogen-bond donors (Lipinski definition) is 3. The molecule has 0 bridgehead atoms. The van der Waals surface area contributed by atoms with Crippen LogP contribution in [-0.4, -0.2) is 27.9 Å². The van der Waals surface area contributed by atoms with E-state index in [-0.39, 0.29) is 27.6 Å². The minimum atomic E-state index is -0.159. The molecule has 0 aliphatic rings. The SMILES string of the molecule is CCCCCCCCCCCCCCCCCCOC(=O)CCc1cc(C(C)(C)C)c(O)c(C(C)(C)C)c1.Cc1cc(Sc2cc(C)cc(C(C)(C)C)c2O)c(O)c(C(C)(C)C)c1. The number of ether oxygens (including phenoxy) is 1. The van der Waals surface area contributed by atoms with Crippen LogP contribution < -0.4 is 0 Å². The molecule has 0 unspecified atom stereocenters. The van der Waals surface area contributed by atoms with E-state index in [0.717, 1.165) is 61.6 Å². The number of aromatic hydroxyl groups is 3. The highest BCUT2D eigenvalue weighted by Crippen LogP contribution is 2.47. The number of carbonyl (C=O) groups excluding carboxylic acids is 1. The maximum absolute atomic E-state index is 12.3. The van der Waals surface area contributed by atoms with Gasteiger partial charge < -0.3 is 20.1 Å². The minimum absolute atomic E-state index is 0.117. The van der Waals surface area contributed by atoms with E-state index < -0.39 is 0 Å². The largest absolute Gasteiger partial charge is 0.507 e. The highest BCUT2D eigenvalue weighted by Gasteiger charge is 2.27. The molecule has 0 saturated carbocycles. The molecule has 0 atom stereocenters. The highest BCUT2D eigenvalue weighted by atomic mass is 32.2. The molecule has 3 aromatic rings. The van der Waals surface area contributed by atoms with Crippen LogP contribution in [0.25, 0.3) is 0 Å². The molecule has 3 N–H and O–H groups in total. The predicted molar refractivity (Wildman–Crippen MR) is 272 cm³/mol. The van der Waals surface area contributed by atoms with E-state index in [1.54, 1.807) is 0 Å². The van der Waals surface area contributed by atoms with Gasteiger partial charge in [0.15, 0.2) is 0 Å². The summed E-state index contributed by atoms with van der Waals surface area (Å²) in [6.07, 6.45) is 22.5. The van der Waals surface area contributed by atoms with Crippen molar-refractivity contribution in [3.8, 4) is 17.2 Å². The lowest BCUT2D eigenvalue weighted by atomic mass is 9.78. The van der Waals surface area contributed by atoms with E-state index in [9.17, 15) is 20.1 Å². The summed E-state index contributed by atoms with van der Waals surface area (Å²) >= 11 is 1.43. The summed E-state index contributed by atoms with van der Waals surface area (Å²) in [7, 11) is 0. The summed E-state index contributed by atoms with van der Waals surface area (Å²) in [5, 5.41) is 32.5. The number of unbranched alkanes of at least 4 members (excludes halogenated alkanes) is 15. The fraction of sp³-hybridized carbons (Fsp3) is 0.667. The van der Waals surface area contributed by atoms with E-state index in [2.05, 4.69) is 102 Å². The molecule has 3 rings (SSSR count). The second-order valence-corrected chi connectivity index (χ2v) is 23.6. The van der Waals surface area contributed by atoms with Gasteiger partial charge in [0.25, 0.3) is 0 Å². The normalized spacial score (nSPS) is 12.3. The molecular formula is C57H92O5S. The zero-order chi connectivity index (χ0) is 47.6. The molecule has 0 aliphatic carbocycles. The average molecular weight is 889 g/mol. The van der Waals surface area contributed by atoms with Crippen molar-refractivity contribution in [2.75, 3.05) is 6.61 Å². The molecule has 63 heavy (non-hydrogen) atoms. The van der Waals surface area contributed by atoms with Crippen LogP contribution >= 0.6 is 11.8 Å². The van der Waals surface area contributed by atoms with Crippen LogP contribution in [0.2, 0.25) is 0 Å². The molecule has 0 fully saturated rings. The molecule has 356 valence electrons. The van der Waals surface area contributed by atoms with E-state index in [4.69, 9.17) is 4.74 Å². The molecule has 0 saturated heterocycles. The minimum Gasteiger partial charge on any atom is -0.507 e. The van der Waals surface area contributed by atoms with Crippen molar-refractivity contribution in [3.63, 3.8) is 0 Å². The number of rotatable bonds is 22. The van der Waals surface area contributed by atoms with Crippen LogP contribution in [0.5, 0.6) is 17.2 Å². The number of phenols is 3. The van der Waals surface area contributed by atoms with Crippen molar-refractivity contribution < 1.29 is 24.9 Å². The smallest absolute Gasteiger partial charge is 0.306 e. The summed E-state index contributed by atoms with van der Waals surface area (Å²) in [5.74, 6) is 0.885. The standard InChI is InChI=1S/C35H62O3.C22H30O2S/c1-8-9-10-11-12-13-14-15-16-17-18-19-20-21-22-23-26-38-32(36)25-24-29-27-30(34(2,3)4)33(37)31(28-29)35(5,6)7;1-13-9-15(21(3,4)5)19(23)17(11-13)25-18-12-14(2)10-16(20(18)24)22(6,7)8/h27-28,37H,8-26H2,1-7H3;9-12,23-24H,1-8H3. The van der Waals surface area contributed by atoms with Gasteiger partial charge in [-0.15, -0.1) is 0 Å². The van der Waals surface area contributed by atoms with Crippen molar-refractivity contribution in [2.45, 2.75) is 251 Å². The van der Waals surface area contributed by atoms with Gasteiger partial charge >= 0.3 is 5.97 Å². The van der Waals surface area contributed by atoms with Crippen molar-refractivity contribution in [3.05, 3.63) is 75.3 Å². The quantitative estimate of drug-likeness (QED) is 0.0688. The summed E-state index contributed by atoms with van der Waals surface area (Å²) in [6.45, 7) is 32.2. The molecule has 0 aromatic heterocycles. The molecule has 6 heteroatoms. The molecule has 0 radical (unpaired) electrons. The zero-order valence-electron chi connectivity index (χ0n) is 43.0. The topological polar surface area (TPSA) is 87.0 Å². The summed E-state index contributed by atoms with van der Waals surface area (Å²) in [4.78, 5) is 13.9. The summed E-state index contributed by atoms with van der Waals surface area (Å²) < 4.78 is 5.51. The Hall–Kier alpha value is -3.12. The fourth-order valence-corrected chi connectivity index (χ4v) is 9.19. The fourth-order valence-electron chi connectivity index (χ4n) is 8.05. The first-order valence-electron chi connectivity index (χ1n) is 24.7. The lowest BCUT2D eigenvalue weighted by Crippen LogP contribution is -2.18. The van der Waals surface area contributed by atoms with Gasteiger partial charge in [-0.05, 0) is 88.3 Å². The molecular weight excluding hydrogens is 797 g/mol. The third-order valence-electron chi connectivity index (χ3n) is 11.9. The van der Waals surface area contributed by atoms with Crippen LogP contribution in [0.1, 0.15) is 238 Å². The number of carbonyl (C=O) groups is 1. The monoisotopic (exact) mass is 889 g/mol. The lowest BCUT2D eigenvalue weighted by Gasteiger charge is -2.28. The van der Waals surface area contributed by atoms with Gasteiger partial charge in [-0.1, -0.05) is 222 Å². The van der Waals surface area contributed by atoms with E-state index in [0.29, 0.717) is 36.7 Å². The molecule has 3 aromatic carbocycles. The molecule has 5 nitrogen and oxygen atoms in total. The summed E-state index contributed by atoms with van der Waals surface area (Å²) in [6, 6.07) is 12.2. The predicted octanol–water partition coefficient (Wildman–Crippen LogP) is 17.2. The van der Waals surface area contributed by atoms with Crippen LogP contribution in [-0.2, 0) is 37.6 Å². The number of esters is 1. The van der Waals surface area contributed by atoms with Gasteiger partial charge in [-0.3, -0.25) is 4.79 Å². The second-order valence-electron chi connectivity index (χ2n) is 22.5. The first-order chi connectivity index (χ1) is 29.3. The van der Waals surface area contributed by atoms with Gasteiger partial charge in [-0.2, -0.15) is 0 Å². The Bertz CT molecular complexity index is 1730. The van der Waals surface area contributed by atoms with Gasteiger partial charge in [0.2, 0.25) is 0 Å². The van der Waals surface area contributed by atoms with Crippen molar-refractivity contribution in [1.82, 2.24) is 0 Å². The maximum Gasteiger partial charge on any atom is 0.306 e. The van der Waals surface area contributed by atoms with Crippen molar-refractivity contribution in [1.29, 1.82) is 0 Å². The Morgan fingerprint density at radius 1 is 0.476 bits per heavy atom. The van der Waals surface area contributed by atoms with Crippen molar-refractivity contribution in [2.24, 2.45) is 0 Å².